The fraction of sp³-hybridized carbons (Fsp3) is 0.263. The van der Waals surface area contributed by atoms with Crippen LogP contribution < -0.4 is 10.6 Å². The van der Waals surface area contributed by atoms with Crippen LogP contribution in [0, 0.1) is 18.8 Å². The normalized spacial score (nSPS) is 18.8. The number of carbonyl (C=O) groups excluding carboxylic acids is 2. The van der Waals surface area contributed by atoms with E-state index in [2.05, 4.69) is 10.6 Å². The standard InChI is InChI=1S/C19H20N2O3/c1-11-6-7-17(22)16(8-11)21-18(23)13-4-3-5-14(10-13)20-19(24)15-9-12(15)2/h3-8,10,12,15,22H,9H2,1-2H3,(H,20,24)(H,21,23). The third kappa shape index (κ3) is 3.56. The molecule has 2 atom stereocenters. The first-order valence-electron chi connectivity index (χ1n) is 7.96. The maximum atomic E-state index is 12.4. The number of hydrogen-bond donors (Lipinski definition) is 3. The van der Waals surface area contributed by atoms with Gasteiger partial charge in [-0.2, -0.15) is 0 Å². The molecule has 0 radical (unpaired) electrons. The zero-order chi connectivity index (χ0) is 17.3. The highest BCUT2D eigenvalue weighted by molar-refractivity contribution is 6.06. The van der Waals surface area contributed by atoms with Crippen molar-refractivity contribution in [3.8, 4) is 5.75 Å². The lowest BCUT2D eigenvalue weighted by molar-refractivity contribution is -0.117. The van der Waals surface area contributed by atoms with Gasteiger partial charge in [-0.25, -0.2) is 0 Å². The molecule has 2 aromatic carbocycles. The molecule has 0 saturated heterocycles. The number of aryl methyl sites for hydroxylation is 1. The van der Waals surface area contributed by atoms with Crippen LogP contribution in [-0.4, -0.2) is 16.9 Å². The summed E-state index contributed by atoms with van der Waals surface area (Å²) in [5.41, 5.74) is 2.31. The number of phenolic OH excluding ortho intramolecular Hbond substituents is 1. The minimum atomic E-state index is -0.341. The Balaban J connectivity index is 1.72. The lowest BCUT2D eigenvalue weighted by Gasteiger charge is -2.10. The number of carbonyl (C=O) groups is 2. The zero-order valence-corrected chi connectivity index (χ0v) is 13.7. The smallest absolute Gasteiger partial charge is 0.255 e. The SMILES string of the molecule is Cc1ccc(O)c(NC(=O)c2cccc(NC(=O)C3CC3C)c2)c1. The van der Waals surface area contributed by atoms with Gasteiger partial charge in [0.05, 0.1) is 5.69 Å². The van der Waals surface area contributed by atoms with Crippen LogP contribution in [0.25, 0.3) is 0 Å². The summed E-state index contributed by atoms with van der Waals surface area (Å²) in [5, 5.41) is 15.4. The van der Waals surface area contributed by atoms with Crippen LogP contribution in [0.3, 0.4) is 0 Å². The highest BCUT2D eigenvalue weighted by Crippen LogP contribution is 2.38. The molecule has 0 spiro atoms. The average molecular weight is 324 g/mol. The fourth-order valence-corrected chi connectivity index (χ4v) is 2.61. The summed E-state index contributed by atoms with van der Waals surface area (Å²) in [6.07, 6.45) is 0.915. The molecule has 2 amide bonds. The molecule has 1 saturated carbocycles. The number of amides is 2. The second kappa shape index (κ2) is 6.35. The molecule has 124 valence electrons. The van der Waals surface area contributed by atoms with E-state index in [9.17, 15) is 14.7 Å². The zero-order valence-electron chi connectivity index (χ0n) is 13.7. The van der Waals surface area contributed by atoms with Crippen molar-refractivity contribution in [2.75, 3.05) is 10.6 Å². The summed E-state index contributed by atoms with van der Waals surface area (Å²) in [5.74, 6) is 0.178. The molecule has 0 aliphatic heterocycles. The largest absolute Gasteiger partial charge is 0.506 e. The van der Waals surface area contributed by atoms with Crippen LogP contribution in [0.4, 0.5) is 11.4 Å². The van der Waals surface area contributed by atoms with Gasteiger partial charge in [-0.15, -0.1) is 0 Å². The predicted molar refractivity (Wildman–Crippen MR) is 93.1 cm³/mol. The lowest BCUT2D eigenvalue weighted by Crippen LogP contribution is -2.16. The van der Waals surface area contributed by atoms with Crippen LogP contribution in [-0.2, 0) is 4.79 Å². The van der Waals surface area contributed by atoms with Gasteiger partial charge in [0.2, 0.25) is 5.91 Å². The molecular formula is C19H20N2O3. The Kier molecular flexibility index (Phi) is 4.25. The van der Waals surface area contributed by atoms with E-state index < -0.39 is 0 Å². The van der Waals surface area contributed by atoms with Crippen molar-refractivity contribution in [3.05, 3.63) is 53.6 Å². The first-order chi connectivity index (χ1) is 11.4. The first-order valence-corrected chi connectivity index (χ1v) is 7.96. The van der Waals surface area contributed by atoms with Crippen molar-refractivity contribution >= 4 is 23.2 Å². The van der Waals surface area contributed by atoms with E-state index in [4.69, 9.17) is 0 Å². The second-order valence-electron chi connectivity index (χ2n) is 6.36. The number of aromatic hydroxyl groups is 1. The molecule has 24 heavy (non-hydrogen) atoms. The van der Waals surface area contributed by atoms with Gasteiger partial charge in [-0.3, -0.25) is 9.59 Å². The van der Waals surface area contributed by atoms with Crippen LogP contribution in [0.1, 0.15) is 29.3 Å². The van der Waals surface area contributed by atoms with E-state index >= 15 is 0 Å². The molecule has 5 heteroatoms. The van der Waals surface area contributed by atoms with E-state index in [1.807, 2.05) is 13.8 Å². The number of nitrogens with one attached hydrogen (secondary N) is 2. The van der Waals surface area contributed by atoms with Gasteiger partial charge in [0.25, 0.3) is 5.91 Å². The van der Waals surface area contributed by atoms with Gasteiger partial charge in [-0.1, -0.05) is 19.1 Å². The summed E-state index contributed by atoms with van der Waals surface area (Å²) in [6.45, 7) is 3.92. The van der Waals surface area contributed by atoms with Crippen LogP contribution in [0.5, 0.6) is 5.75 Å². The Labute approximate surface area is 140 Å². The van der Waals surface area contributed by atoms with Gasteiger partial charge in [0.1, 0.15) is 5.75 Å². The van der Waals surface area contributed by atoms with E-state index in [0.29, 0.717) is 22.9 Å². The highest BCUT2D eigenvalue weighted by atomic mass is 16.3. The minimum absolute atomic E-state index is 0.00335. The van der Waals surface area contributed by atoms with Crippen molar-refractivity contribution in [1.29, 1.82) is 0 Å². The minimum Gasteiger partial charge on any atom is -0.506 e. The Morgan fingerprint density at radius 3 is 2.58 bits per heavy atom. The van der Waals surface area contributed by atoms with Crippen molar-refractivity contribution < 1.29 is 14.7 Å². The van der Waals surface area contributed by atoms with E-state index in [0.717, 1.165) is 12.0 Å². The summed E-state index contributed by atoms with van der Waals surface area (Å²) in [7, 11) is 0. The third-order valence-electron chi connectivity index (χ3n) is 4.24. The highest BCUT2D eigenvalue weighted by Gasteiger charge is 2.39. The monoisotopic (exact) mass is 324 g/mol. The van der Waals surface area contributed by atoms with Gasteiger partial charge >= 0.3 is 0 Å². The molecule has 1 fully saturated rings. The van der Waals surface area contributed by atoms with Gasteiger partial charge in [0.15, 0.2) is 0 Å². The van der Waals surface area contributed by atoms with Crippen molar-refractivity contribution in [2.24, 2.45) is 11.8 Å². The molecule has 1 aliphatic carbocycles. The first kappa shape index (κ1) is 16.1. The Bertz CT molecular complexity index is 801. The molecule has 0 heterocycles. The lowest BCUT2D eigenvalue weighted by atomic mass is 10.1. The molecule has 0 bridgehead atoms. The maximum absolute atomic E-state index is 12.4. The number of phenols is 1. The van der Waals surface area contributed by atoms with Crippen molar-refractivity contribution in [2.45, 2.75) is 20.3 Å². The number of benzene rings is 2. The second-order valence-corrected chi connectivity index (χ2v) is 6.36. The number of hydrogen-bond acceptors (Lipinski definition) is 3. The van der Waals surface area contributed by atoms with Gasteiger partial charge in [-0.05, 0) is 55.2 Å². The van der Waals surface area contributed by atoms with Gasteiger partial charge in [0, 0.05) is 17.2 Å². The molecule has 5 nitrogen and oxygen atoms in total. The molecule has 1 aliphatic rings. The van der Waals surface area contributed by atoms with Crippen LogP contribution >= 0.6 is 0 Å². The Morgan fingerprint density at radius 1 is 1.12 bits per heavy atom. The Hall–Kier alpha value is -2.82. The van der Waals surface area contributed by atoms with E-state index in [1.54, 1.807) is 42.5 Å². The average Bonchev–Trinajstić information content (AvgIpc) is 3.28. The van der Waals surface area contributed by atoms with Crippen molar-refractivity contribution in [3.63, 3.8) is 0 Å². The maximum Gasteiger partial charge on any atom is 0.255 e. The molecule has 3 N–H and O–H groups in total. The van der Waals surface area contributed by atoms with E-state index in [-0.39, 0.29) is 23.5 Å². The molecule has 3 rings (SSSR count). The van der Waals surface area contributed by atoms with Crippen LogP contribution in [0.2, 0.25) is 0 Å². The fourth-order valence-electron chi connectivity index (χ4n) is 2.61. The summed E-state index contributed by atoms with van der Waals surface area (Å²) in [4.78, 5) is 24.4. The Morgan fingerprint density at radius 2 is 1.88 bits per heavy atom. The topological polar surface area (TPSA) is 78.4 Å². The van der Waals surface area contributed by atoms with Gasteiger partial charge < -0.3 is 15.7 Å². The summed E-state index contributed by atoms with van der Waals surface area (Å²) in [6, 6.07) is 11.8. The predicted octanol–water partition coefficient (Wildman–Crippen LogP) is 3.55. The number of anilines is 2. The van der Waals surface area contributed by atoms with Crippen molar-refractivity contribution in [1.82, 2.24) is 0 Å². The van der Waals surface area contributed by atoms with E-state index in [1.165, 1.54) is 0 Å². The summed E-state index contributed by atoms with van der Waals surface area (Å²) >= 11 is 0. The molecule has 0 aromatic heterocycles. The molecular weight excluding hydrogens is 304 g/mol. The van der Waals surface area contributed by atoms with Crippen LogP contribution in [0.15, 0.2) is 42.5 Å². The molecule has 2 aromatic rings. The molecule has 2 unspecified atom stereocenters. The third-order valence-corrected chi connectivity index (χ3v) is 4.24. The quantitative estimate of drug-likeness (QED) is 0.753. The summed E-state index contributed by atoms with van der Waals surface area (Å²) < 4.78 is 0. The number of rotatable bonds is 4.